The number of sulfonamides is 1. The van der Waals surface area contributed by atoms with Gasteiger partial charge in [-0.05, 0) is 42.5 Å². The SMILES string of the molecule is COc1ccc(NC(=O)c2ccc(S(=O)(=O)Nc3cc([N+](=O)[O-])ccc3OC)cc2)c(OC)c1. The van der Waals surface area contributed by atoms with Gasteiger partial charge >= 0.3 is 0 Å². The number of hydrogen-bond acceptors (Lipinski definition) is 8. The van der Waals surface area contributed by atoms with Crippen LogP contribution in [0, 0.1) is 10.1 Å². The van der Waals surface area contributed by atoms with Gasteiger partial charge < -0.3 is 19.5 Å². The highest BCUT2D eigenvalue weighted by molar-refractivity contribution is 7.92. The van der Waals surface area contributed by atoms with Gasteiger partial charge in [-0.1, -0.05) is 0 Å². The van der Waals surface area contributed by atoms with E-state index in [0.29, 0.717) is 17.2 Å². The van der Waals surface area contributed by atoms with Crippen LogP contribution in [-0.2, 0) is 10.0 Å². The Balaban J connectivity index is 1.80. The van der Waals surface area contributed by atoms with Crippen molar-refractivity contribution in [2.24, 2.45) is 0 Å². The van der Waals surface area contributed by atoms with Gasteiger partial charge in [-0.3, -0.25) is 19.6 Å². The van der Waals surface area contributed by atoms with Crippen molar-refractivity contribution in [2.75, 3.05) is 31.4 Å². The van der Waals surface area contributed by atoms with E-state index in [0.717, 1.165) is 6.07 Å². The number of methoxy groups -OCH3 is 3. The molecule has 3 rings (SSSR count). The van der Waals surface area contributed by atoms with Crippen LogP contribution in [0.4, 0.5) is 17.1 Å². The summed E-state index contributed by atoms with van der Waals surface area (Å²) in [5, 5.41) is 13.7. The van der Waals surface area contributed by atoms with E-state index in [4.69, 9.17) is 14.2 Å². The van der Waals surface area contributed by atoms with Gasteiger partial charge in [0.15, 0.2) is 0 Å². The van der Waals surface area contributed by atoms with E-state index in [9.17, 15) is 23.3 Å². The second-order valence-electron chi connectivity index (χ2n) is 6.79. The molecule has 2 N–H and O–H groups in total. The monoisotopic (exact) mass is 487 g/mol. The highest BCUT2D eigenvalue weighted by atomic mass is 32.2. The topological polar surface area (TPSA) is 146 Å². The summed E-state index contributed by atoms with van der Waals surface area (Å²) in [4.78, 5) is 22.9. The number of non-ortho nitro benzene ring substituents is 1. The fourth-order valence-corrected chi connectivity index (χ4v) is 4.04. The molecule has 3 aromatic rings. The van der Waals surface area contributed by atoms with Crippen molar-refractivity contribution >= 4 is 33.0 Å². The lowest BCUT2D eigenvalue weighted by atomic mass is 10.2. The lowest BCUT2D eigenvalue weighted by Gasteiger charge is -2.13. The zero-order chi connectivity index (χ0) is 24.9. The average molecular weight is 487 g/mol. The number of anilines is 2. The largest absolute Gasteiger partial charge is 0.497 e. The maximum atomic E-state index is 12.8. The normalized spacial score (nSPS) is 10.8. The summed E-state index contributed by atoms with van der Waals surface area (Å²) in [5.74, 6) is 0.568. The molecular formula is C22H21N3O8S. The Morgan fingerprint density at radius 1 is 0.853 bits per heavy atom. The predicted octanol–water partition coefficient (Wildman–Crippen LogP) is 3.67. The summed E-state index contributed by atoms with van der Waals surface area (Å²) in [6.07, 6.45) is 0. The van der Waals surface area contributed by atoms with Crippen molar-refractivity contribution in [1.82, 2.24) is 0 Å². The molecule has 11 nitrogen and oxygen atoms in total. The van der Waals surface area contributed by atoms with Crippen molar-refractivity contribution in [3.05, 3.63) is 76.3 Å². The number of nitrogens with one attached hydrogen (secondary N) is 2. The van der Waals surface area contributed by atoms with E-state index in [2.05, 4.69) is 10.0 Å². The van der Waals surface area contributed by atoms with E-state index in [1.165, 1.54) is 57.7 Å². The van der Waals surface area contributed by atoms with E-state index in [1.807, 2.05) is 0 Å². The molecule has 0 bridgehead atoms. The molecule has 0 spiro atoms. The van der Waals surface area contributed by atoms with Crippen LogP contribution in [0.2, 0.25) is 0 Å². The summed E-state index contributed by atoms with van der Waals surface area (Å²) < 4.78 is 43.3. The molecule has 0 aliphatic heterocycles. The zero-order valence-electron chi connectivity index (χ0n) is 18.4. The summed E-state index contributed by atoms with van der Waals surface area (Å²) in [6.45, 7) is 0. The first-order valence-corrected chi connectivity index (χ1v) is 11.2. The molecule has 0 aliphatic rings. The zero-order valence-corrected chi connectivity index (χ0v) is 19.2. The molecule has 1 amide bonds. The quantitative estimate of drug-likeness (QED) is 0.343. The Kier molecular flexibility index (Phi) is 7.21. The van der Waals surface area contributed by atoms with Crippen LogP contribution >= 0.6 is 0 Å². The van der Waals surface area contributed by atoms with E-state index < -0.39 is 20.9 Å². The number of nitro benzene ring substituents is 1. The van der Waals surface area contributed by atoms with Gasteiger partial charge in [0, 0.05) is 23.8 Å². The van der Waals surface area contributed by atoms with Crippen LogP contribution in [0.3, 0.4) is 0 Å². The van der Waals surface area contributed by atoms with Crippen molar-refractivity contribution in [3.8, 4) is 17.2 Å². The minimum atomic E-state index is -4.13. The second-order valence-corrected chi connectivity index (χ2v) is 8.47. The Morgan fingerprint density at radius 3 is 2.12 bits per heavy atom. The van der Waals surface area contributed by atoms with Gasteiger partial charge in [0.25, 0.3) is 21.6 Å². The maximum Gasteiger partial charge on any atom is 0.271 e. The number of rotatable bonds is 9. The minimum Gasteiger partial charge on any atom is -0.497 e. The number of carbonyl (C=O) groups is 1. The molecule has 0 fully saturated rings. The van der Waals surface area contributed by atoms with Crippen LogP contribution in [0.1, 0.15) is 10.4 Å². The second kappa shape index (κ2) is 10.1. The van der Waals surface area contributed by atoms with Gasteiger partial charge in [-0.25, -0.2) is 8.42 Å². The smallest absolute Gasteiger partial charge is 0.271 e. The molecule has 0 unspecified atom stereocenters. The first kappa shape index (κ1) is 24.3. The lowest BCUT2D eigenvalue weighted by molar-refractivity contribution is -0.384. The standard InChI is InChI=1S/C22H21N3O8S/c1-31-16-7-10-18(21(13-16)33-3)23-22(26)14-4-8-17(9-5-14)34(29,30)24-19-12-15(25(27)28)6-11-20(19)32-2/h4-13,24H,1-3H3,(H,23,26). The number of carbonyl (C=O) groups excluding carboxylic acids is 1. The van der Waals surface area contributed by atoms with Crippen molar-refractivity contribution in [2.45, 2.75) is 4.90 Å². The molecule has 178 valence electrons. The number of benzene rings is 3. The Morgan fingerprint density at radius 2 is 1.53 bits per heavy atom. The number of amides is 1. The summed E-state index contributed by atoms with van der Waals surface area (Å²) in [7, 11) is 0.142. The van der Waals surface area contributed by atoms with Crippen LogP contribution in [0.5, 0.6) is 17.2 Å². The Labute approximate surface area is 195 Å². The Bertz CT molecular complexity index is 1320. The minimum absolute atomic E-state index is 0.0925. The van der Waals surface area contributed by atoms with Gasteiger partial charge in [-0.15, -0.1) is 0 Å². The third-order valence-electron chi connectivity index (χ3n) is 4.72. The molecule has 0 radical (unpaired) electrons. The van der Waals surface area contributed by atoms with Crippen molar-refractivity contribution in [1.29, 1.82) is 0 Å². The average Bonchev–Trinajstić information content (AvgIpc) is 2.84. The molecule has 0 aliphatic carbocycles. The van der Waals surface area contributed by atoms with Crippen molar-refractivity contribution in [3.63, 3.8) is 0 Å². The first-order chi connectivity index (χ1) is 16.2. The van der Waals surface area contributed by atoms with Crippen LogP contribution in [0.25, 0.3) is 0 Å². The maximum absolute atomic E-state index is 12.8. The molecule has 12 heteroatoms. The fourth-order valence-electron chi connectivity index (χ4n) is 2.97. The molecule has 0 saturated carbocycles. The molecule has 34 heavy (non-hydrogen) atoms. The van der Waals surface area contributed by atoms with Crippen LogP contribution < -0.4 is 24.2 Å². The van der Waals surface area contributed by atoms with Crippen LogP contribution in [-0.4, -0.2) is 40.6 Å². The fraction of sp³-hybridized carbons (Fsp3) is 0.136. The molecule has 3 aromatic carbocycles. The first-order valence-electron chi connectivity index (χ1n) is 9.67. The molecular weight excluding hydrogens is 466 g/mol. The number of nitro groups is 1. The number of nitrogens with zero attached hydrogens (tertiary/aromatic N) is 1. The van der Waals surface area contributed by atoms with Crippen LogP contribution in [0.15, 0.2) is 65.6 Å². The van der Waals surface area contributed by atoms with E-state index >= 15 is 0 Å². The highest BCUT2D eigenvalue weighted by Gasteiger charge is 2.20. The molecule has 0 atom stereocenters. The summed E-state index contributed by atoms with van der Waals surface area (Å²) >= 11 is 0. The van der Waals surface area contributed by atoms with Gasteiger partial charge in [0.05, 0.1) is 42.5 Å². The predicted molar refractivity (Wildman–Crippen MR) is 124 cm³/mol. The summed E-state index contributed by atoms with van der Waals surface area (Å²) in [6, 6.07) is 13.6. The molecule has 0 heterocycles. The third-order valence-corrected chi connectivity index (χ3v) is 6.10. The van der Waals surface area contributed by atoms with E-state index in [-0.39, 0.29) is 27.6 Å². The highest BCUT2D eigenvalue weighted by Crippen LogP contribution is 2.31. The van der Waals surface area contributed by atoms with Gasteiger partial charge in [0.2, 0.25) is 0 Å². The van der Waals surface area contributed by atoms with Gasteiger partial charge in [-0.2, -0.15) is 0 Å². The van der Waals surface area contributed by atoms with Crippen molar-refractivity contribution < 1.29 is 32.3 Å². The third kappa shape index (κ3) is 5.35. The summed E-state index contributed by atoms with van der Waals surface area (Å²) in [5.41, 5.74) is 0.207. The van der Waals surface area contributed by atoms with E-state index in [1.54, 1.807) is 18.2 Å². The molecule has 0 saturated heterocycles. The Hall–Kier alpha value is -4.32. The number of hydrogen-bond donors (Lipinski definition) is 2. The molecule has 0 aromatic heterocycles. The lowest BCUT2D eigenvalue weighted by Crippen LogP contribution is -2.15. The number of ether oxygens (including phenoxy) is 3. The van der Waals surface area contributed by atoms with Gasteiger partial charge in [0.1, 0.15) is 17.2 Å².